The number of aryl methyl sites for hydroxylation is 1. The molecule has 2 N–H and O–H groups in total. The van der Waals surface area contributed by atoms with Crippen molar-refractivity contribution in [3.63, 3.8) is 0 Å². The summed E-state index contributed by atoms with van der Waals surface area (Å²) < 4.78 is 2.03. The van der Waals surface area contributed by atoms with Gasteiger partial charge in [-0.2, -0.15) is 0 Å². The van der Waals surface area contributed by atoms with Gasteiger partial charge in [-0.25, -0.2) is 9.97 Å². The molecule has 0 aliphatic rings. The van der Waals surface area contributed by atoms with E-state index in [0.717, 1.165) is 4.88 Å². The predicted octanol–water partition coefficient (Wildman–Crippen LogP) is 1.40. The van der Waals surface area contributed by atoms with Crippen LogP contribution in [0.1, 0.15) is 10.7 Å². The lowest BCUT2D eigenvalue weighted by Gasteiger charge is -2.07. The van der Waals surface area contributed by atoms with Crippen molar-refractivity contribution in [2.24, 2.45) is 0 Å². The highest BCUT2D eigenvalue weighted by Crippen LogP contribution is 2.15. The van der Waals surface area contributed by atoms with Crippen molar-refractivity contribution in [1.29, 1.82) is 0 Å². The molecule has 84 valence electrons. The van der Waals surface area contributed by atoms with E-state index in [2.05, 4.69) is 25.9 Å². The van der Waals surface area contributed by atoms with Crippen molar-refractivity contribution in [2.45, 2.75) is 13.5 Å². The van der Waals surface area contributed by atoms with Gasteiger partial charge >= 0.3 is 0 Å². The lowest BCUT2D eigenvalue weighted by Crippen LogP contribution is -2.24. The Balaban J connectivity index is 2.42. The molecule has 2 heterocycles. The molecule has 16 heavy (non-hydrogen) atoms. The van der Waals surface area contributed by atoms with E-state index in [4.69, 9.17) is 5.73 Å². The molecule has 2 rings (SSSR count). The van der Waals surface area contributed by atoms with Crippen LogP contribution in [0.15, 0.2) is 21.7 Å². The Labute approximate surface area is 104 Å². The number of hydrogen-bond donors (Lipinski definition) is 1. The summed E-state index contributed by atoms with van der Waals surface area (Å²) in [4.78, 5) is 20.8. The zero-order valence-electron chi connectivity index (χ0n) is 8.48. The molecule has 0 atom stereocenters. The van der Waals surface area contributed by atoms with Gasteiger partial charge in [0.1, 0.15) is 10.3 Å². The highest BCUT2D eigenvalue weighted by atomic mass is 79.9. The number of rotatable bonds is 2. The van der Waals surface area contributed by atoms with Crippen LogP contribution in [0.4, 0.5) is 5.13 Å². The van der Waals surface area contributed by atoms with Crippen molar-refractivity contribution in [1.82, 2.24) is 14.5 Å². The zero-order chi connectivity index (χ0) is 11.7. The molecule has 0 bridgehead atoms. The fourth-order valence-electron chi connectivity index (χ4n) is 1.29. The van der Waals surface area contributed by atoms with E-state index in [0.29, 0.717) is 22.0 Å². The predicted molar refractivity (Wildman–Crippen MR) is 66.6 cm³/mol. The van der Waals surface area contributed by atoms with Crippen LogP contribution >= 0.6 is 27.3 Å². The Kier molecular flexibility index (Phi) is 3.06. The molecule has 5 nitrogen and oxygen atoms in total. The minimum atomic E-state index is -0.0977. The van der Waals surface area contributed by atoms with Gasteiger partial charge in [0.2, 0.25) is 0 Å². The molecule has 0 saturated carbocycles. The number of hydrogen-bond acceptors (Lipinski definition) is 5. The largest absolute Gasteiger partial charge is 0.375 e. The van der Waals surface area contributed by atoms with Crippen LogP contribution in [0, 0.1) is 6.92 Å². The quantitative estimate of drug-likeness (QED) is 0.910. The van der Waals surface area contributed by atoms with Crippen molar-refractivity contribution < 1.29 is 0 Å². The third-order valence-corrected chi connectivity index (χ3v) is 3.45. The molecule has 0 fully saturated rings. The first-order valence-electron chi connectivity index (χ1n) is 4.50. The van der Waals surface area contributed by atoms with Gasteiger partial charge in [0.25, 0.3) is 5.56 Å². The van der Waals surface area contributed by atoms with Crippen LogP contribution in [-0.2, 0) is 6.54 Å². The lowest BCUT2D eigenvalue weighted by molar-refractivity contribution is 0.702. The highest BCUT2D eigenvalue weighted by molar-refractivity contribution is 9.10. The Morgan fingerprint density at radius 2 is 2.25 bits per heavy atom. The number of aromatic nitrogens is 3. The first kappa shape index (κ1) is 11.3. The summed E-state index contributed by atoms with van der Waals surface area (Å²) in [5.41, 5.74) is 5.44. The maximum Gasteiger partial charge on any atom is 0.268 e. The molecule has 0 unspecified atom stereocenters. The first-order chi connectivity index (χ1) is 7.58. The summed E-state index contributed by atoms with van der Waals surface area (Å²) in [6.45, 7) is 2.24. The number of halogens is 1. The summed E-state index contributed by atoms with van der Waals surface area (Å²) in [5.74, 6) is 0.667. The first-order valence-corrected chi connectivity index (χ1v) is 6.11. The number of nitrogens with two attached hydrogens (primary N) is 1. The van der Waals surface area contributed by atoms with Crippen molar-refractivity contribution in [2.75, 3.05) is 5.73 Å². The third kappa shape index (κ3) is 2.14. The van der Waals surface area contributed by atoms with E-state index in [1.807, 2.05) is 0 Å². The molecular weight excluding hydrogens is 292 g/mol. The summed E-state index contributed by atoms with van der Waals surface area (Å²) in [6, 6.07) is 0. The van der Waals surface area contributed by atoms with Crippen molar-refractivity contribution >= 4 is 32.4 Å². The Morgan fingerprint density at radius 1 is 1.50 bits per heavy atom. The fraction of sp³-hybridized carbons (Fsp3) is 0.222. The molecule has 0 saturated heterocycles. The van der Waals surface area contributed by atoms with Gasteiger partial charge in [-0.15, -0.1) is 11.3 Å². The molecule has 0 amide bonds. The van der Waals surface area contributed by atoms with Crippen molar-refractivity contribution in [3.05, 3.63) is 37.9 Å². The Hall–Kier alpha value is -1.21. The molecule has 2 aromatic heterocycles. The van der Waals surface area contributed by atoms with E-state index < -0.39 is 0 Å². The van der Waals surface area contributed by atoms with Crippen LogP contribution in [0.5, 0.6) is 0 Å². The average molecular weight is 301 g/mol. The maximum absolute atomic E-state index is 11.8. The monoisotopic (exact) mass is 300 g/mol. The summed E-state index contributed by atoms with van der Waals surface area (Å²) >= 11 is 4.54. The minimum absolute atomic E-state index is 0.0977. The molecule has 0 spiro atoms. The lowest BCUT2D eigenvalue weighted by atomic mass is 10.4. The molecule has 0 aliphatic carbocycles. The maximum atomic E-state index is 11.8. The number of nitrogens with zero attached hydrogens (tertiary/aromatic N) is 3. The second-order valence-electron chi connectivity index (χ2n) is 3.21. The van der Waals surface area contributed by atoms with E-state index in [9.17, 15) is 4.79 Å². The average Bonchev–Trinajstić information content (AvgIpc) is 2.65. The van der Waals surface area contributed by atoms with E-state index >= 15 is 0 Å². The van der Waals surface area contributed by atoms with Gasteiger partial charge in [-0.05, 0) is 22.9 Å². The number of nitrogen functional groups attached to an aromatic ring is 1. The molecule has 2 aromatic rings. The molecule has 0 aliphatic heterocycles. The summed E-state index contributed by atoms with van der Waals surface area (Å²) in [6.07, 6.45) is 3.18. The summed E-state index contributed by atoms with van der Waals surface area (Å²) in [7, 11) is 0. The Bertz CT molecular complexity index is 577. The van der Waals surface area contributed by atoms with E-state index in [1.165, 1.54) is 17.5 Å². The highest BCUT2D eigenvalue weighted by Gasteiger charge is 2.07. The van der Waals surface area contributed by atoms with Crippen LogP contribution in [-0.4, -0.2) is 14.5 Å². The molecule has 0 radical (unpaired) electrons. The van der Waals surface area contributed by atoms with E-state index in [1.54, 1.807) is 17.7 Å². The van der Waals surface area contributed by atoms with Gasteiger partial charge in [0.05, 0.1) is 6.54 Å². The van der Waals surface area contributed by atoms with Crippen LogP contribution < -0.4 is 11.3 Å². The minimum Gasteiger partial charge on any atom is -0.375 e. The number of anilines is 1. The molecular formula is C9H9BrN4OS. The third-order valence-electron chi connectivity index (χ3n) is 2.09. The second kappa shape index (κ2) is 4.34. The van der Waals surface area contributed by atoms with Crippen molar-refractivity contribution in [3.8, 4) is 0 Å². The standard InChI is InChI=1S/C9H9BrN4OS/c1-5-12-3-7(10)8(15)14(5)4-6-2-13-9(11)16-6/h2-3H,4H2,1H3,(H2,11,13). The SMILES string of the molecule is Cc1ncc(Br)c(=O)n1Cc1cnc(N)s1. The fourth-order valence-corrected chi connectivity index (χ4v) is 2.28. The zero-order valence-corrected chi connectivity index (χ0v) is 10.9. The topological polar surface area (TPSA) is 73.8 Å². The number of thiazole rings is 1. The normalized spacial score (nSPS) is 10.6. The second-order valence-corrected chi connectivity index (χ2v) is 5.21. The van der Waals surface area contributed by atoms with Crippen LogP contribution in [0.2, 0.25) is 0 Å². The van der Waals surface area contributed by atoms with Gasteiger partial charge in [0.15, 0.2) is 5.13 Å². The smallest absolute Gasteiger partial charge is 0.268 e. The van der Waals surface area contributed by atoms with Crippen LogP contribution in [0.25, 0.3) is 0 Å². The van der Waals surface area contributed by atoms with Gasteiger partial charge in [0, 0.05) is 17.3 Å². The van der Waals surface area contributed by atoms with Gasteiger partial charge < -0.3 is 5.73 Å². The Morgan fingerprint density at radius 3 is 2.88 bits per heavy atom. The van der Waals surface area contributed by atoms with Gasteiger partial charge in [-0.1, -0.05) is 0 Å². The summed E-state index contributed by atoms with van der Waals surface area (Å²) in [5, 5.41) is 0.503. The van der Waals surface area contributed by atoms with E-state index in [-0.39, 0.29) is 5.56 Å². The van der Waals surface area contributed by atoms with Gasteiger partial charge in [-0.3, -0.25) is 9.36 Å². The molecule has 7 heteroatoms. The van der Waals surface area contributed by atoms with Crippen LogP contribution in [0.3, 0.4) is 0 Å². The molecule has 0 aromatic carbocycles.